The molecule has 1 aliphatic rings. The van der Waals surface area contributed by atoms with Crippen molar-refractivity contribution < 1.29 is 0 Å². The summed E-state index contributed by atoms with van der Waals surface area (Å²) in [6, 6.07) is 0. The molecule has 0 aromatic carbocycles. The molecule has 1 heterocycles. The van der Waals surface area contributed by atoms with Gasteiger partial charge in [-0.3, -0.25) is 0 Å². The predicted molar refractivity (Wildman–Crippen MR) is 41.9 cm³/mol. The number of hydrogen-bond acceptors (Lipinski definition) is 2. The fourth-order valence-electron chi connectivity index (χ4n) is 1.06. The lowest BCUT2D eigenvalue weighted by Gasteiger charge is -2.14. The Labute approximate surface area is 62.0 Å². The average Bonchev–Trinajstić information content (AvgIpc) is 2.33. The molecule has 0 bridgehead atoms. The Kier molecular flexibility index (Phi) is 2.20. The minimum absolute atomic E-state index is 0.0238. The maximum atomic E-state index is 4.12. The molecule has 1 atom stereocenters. The van der Waals surface area contributed by atoms with Gasteiger partial charge in [-0.05, 0) is 19.4 Å². The van der Waals surface area contributed by atoms with Gasteiger partial charge in [0, 0.05) is 6.20 Å². The maximum Gasteiger partial charge on any atom is 0.0990 e. The van der Waals surface area contributed by atoms with Crippen LogP contribution in [0.2, 0.25) is 0 Å². The fourth-order valence-corrected chi connectivity index (χ4v) is 1.06. The summed E-state index contributed by atoms with van der Waals surface area (Å²) in [4.78, 5) is 0. The monoisotopic (exact) mass is 138 g/mol. The van der Waals surface area contributed by atoms with Gasteiger partial charge in [0.05, 0.1) is 5.54 Å². The Balaban J connectivity index is 2.38. The number of unbranched alkanes of at least 4 members (excludes halogenated alkanes) is 1. The molecule has 0 aliphatic carbocycles. The molecule has 0 saturated carbocycles. The van der Waals surface area contributed by atoms with Crippen molar-refractivity contribution in [2.75, 3.05) is 0 Å². The van der Waals surface area contributed by atoms with Crippen molar-refractivity contribution in [2.24, 2.45) is 10.2 Å². The predicted octanol–water partition coefficient (Wildman–Crippen LogP) is 2.91. The molecule has 56 valence electrons. The van der Waals surface area contributed by atoms with E-state index in [2.05, 4.69) is 30.2 Å². The molecule has 0 N–H and O–H groups in total. The van der Waals surface area contributed by atoms with E-state index in [9.17, 15) is 0 Å². The zero-order valence-corrected chi connectivity index (χ0v) is 6.67. The normalized spacial score (nSPS) is 29.8. The highest BCUT2D eigenvalue weighted by Gasteiger charge is 2.21. The first-order valence-corrected chi connectivity index (χ1v) is 3.86. The van der Waals surface area contributed by atoms with Gasteiger partial charge < -0.3 is 0 Å². The molecule has 2 nitrogen and oxygen atoms in total. The molecule has 2 heteroatoms. The van der Waals surface area contributed by atoms with E-state index >= 15 is 0 Å². The van der Waals surface area contributed by atoms with Gasteiger partial charge in [0.2, 0.25) is 0 Å². The summed E-state index contributed by atoms with van der Waals surface area (Å²) in [7, 11) is 0. The third-order valence-electron chi connectivity index (χ3n) is 1.82. The van der Waals surface area contributed by atoms with Crippen LogP contribution >= 0.6 is 0 Å². The average molecular weight is 138 g/mol. The second-order valence-corrected chi connectivity index (χ2v) is 2.99. The summed E-state index contributed by atoms with van der Waals surface area (Å²) in [6.45, 7) is 4.31. The summed E-state index contributed by atoms with van der Waals surface area (Å²) < 4.78 is 0. The van der Waals surface area contributed by atoms with E-state index in [0.29, 0.717) is 0 Å². The van der Waals surface area contributed by atoms with Gasteiger partial charge in [0.25, 0.3) is 0 Å². The summed E-state index contributed by atoms with van der Waals surface area (Å²) >= 11 is 0. The van der Waals surface area contributed by atoms with Crippen LogP contribution in [0.25, 0.3) is 0 Å². The summed E-state index contributed by atoms with van der Waals surface area (Å²) in [5, 5.41) is 7.95. The third kappa shape index (κ3) is 1.66. The van der Waals surface area contributed by atoms with Crippen LogP contribution < -0.4 is 0 Å². The van der Waals surface area contributed by atoms with Crippen molar-refractivity contribution in [1.29, 1.82) is 0 Å². The van der Waals surface area contributed by atoms with Crippen LogP contribution in [0.3, 0.4) is 0 Å². The Bertz CT molecular complexity index is 147. The Morgan fingerprint density at radius 2 is 2.30 bits per heavy atom. The molecule has 0 spiro atoms. The van der Waals surface area contributed by atoms with E-state index in [0.717, 1.165) is 6.42 Å². The van der Waals surface area contributed by atoms with Crippen molar-refractivity contribution in [1.82, 2.24) is 0 Å². The molecule has 0 aromatic heterocycles. The minimum atomic E-state index is 0.0238. The largest absolute Gasteiger partial charge is 0.179 e. The van der Waals surface area contributed by atoms with Crippen molar-refractivity contribution >= 4 is 0 Å². The minimum Gasteiger partial charge on any atom is -0.179 e. The summed E-state index contributed by atoms with van der Waals surface area (Å²) in [5.74, 6) is 0. The van der Waals surface area contributed by atoms with E-state index in [1.54, 1.807) is 6.20 Å². The van der Waals surface area contributed by atoms with Crippen molar-refractivity contribution in [3.05, 3.63) is 12.3 Å². The standard InChI is InChI=1S/C8H14N2/c1-3-4-5-8(2)6-7-9-10-8/h6-7H,3-5H2,1-2H3. The highest BCUT2D eigenvalue weighted by atomic mass is 15.2. The van der Waals surface area contributed by atoms with Crippen LogP contribution in [0.1, 0.15) is 33.1 Å². The molecule has 0 saturated heterocycles. The van der Waals surface area contributed by atoms with Gasteiger partial charge >= 0.3 is 0 Å². The lowest BCUT2D eigenvalue weighted by atomic mass is 9.97. The van der Waals surface area contributed by atoms with Crippen LogP contribution in [-0.2, 0) is 0 Å². The van der Waals surface area contributed by atoms with Crippen LogP contribution in [0.4, 0.5) is 0 Å². The smallest absolute Gasteiger partial charge is 0.0990 e. The molecule has 0 aromatic rings. The summed E-state index contributed by atoms with van der Waals surface area (Å²) in [5.41, 5.74) is 0.0238. The van der Waals surface area contributed by atoms with E-state index in [4.69, 9.17) is 0 Å². The number of hydrogen-bond donors (Lipinski definition) is 0. The van der Waals surface area contributed by atoms with Gasteiger partial charge in [-0.2, -0.15) is 10.2 Å². The molecule has 10 heavy (non-hydrogen) atoms. The van der Waals surface area contributed by atoms with E-state index in [1.165, 1.54) is 12.8 Å². The quantitative estimate of drug-likeness (QED) is 0.573. The number of azo groups is 1. The second-order valence-electron chi connectivity index (χ2n) is 2.99. The zero-order valence-electron chi connectivity index (χ0n) is 6.67. The first-order valence-electron chi connectivity index (χ1n) is 3.86. The molecule has 1 rings (SSSR count). The zero-order chi connectivity index (χ0) is 7.45. The van der Waals surface area contributed by atoms with Gasteiger partial charge in [-0.1, -0.05) is 19.8 Å². The molecule has 0 fully saturated rings. The highest BCUT2D eigenvalue weighted by molar-refractivity contribution is 5.06. The van der Waals surface area contributed by atoms with Gasteiger partial charge in [0.15, 0.2) is 0 Å². The van der Waals surface area contributed by atoms with Gasteiger partial charge in [-0.25, -0.2) is 0 Å². The van der Waals surface area contributed by atoms with Gasteiger partial charge in [-0.15, -0.1) is 0 Å². The summed E-state index contributed by atoms with van der Waals surface area (Å²) in [6.07, 6.45) is 7.46. The first kappa shape index (κ1) is 7.45. The molecule has 0 radical (unpaired) electrons. The topological polar surface area (TPSA) is 24.7 Å². The van der Waals surface area contributed by atoms with Crippen molar-refractivity contribution in [2.45, 2.75) is 38.6 Å². The fraction of sp³-hybridized carbons (Fsp3) is 0.750. The van der Waals surface area contributed by atoms with Crippen molar-refractivity contribution in [3.63, 3.8) is 0 Å². The number of rotatable bonds is 3. The lowest BCUT2D eigenvalue weighted by molar-refractivity contribution is 0.503. The SMILES string of the molecule is CCCCC1(C)C=CN=N1. The number of nitrogens with zero attached hydrogens (tertiary/aromatic N) is 2. The first-order chi connectivity index (χ1) is 4.77. The lowest BCUT2D eigenvalue weighted by Crippen LogP contribution is -2.15. The Hall–Kier alpha value is -0.660. The van der Waals surface area contributed by atoms with E-state index in [-0.39, 0.29) is 5.54 Å². The van der Waals surface area contributed by atoms with E-state index < -0.39 is 0 Å². The van der Waals surface area contributed by atoms with Gasteiger partial charge in [0.1, 0.15) is 0 Å². The molecule has 0 amide bonds. The molecule has 1 unspecified atom stereocenters. The molecular formula is C8H14N2. The second kappa shape index (κ2) is 2.95. The van der Waals surface area contributed by atoms with Crippen LogP contribution in [0, 0.1) is 0 Å². The maximum absolute atomic E-state index is 4.12. The van der Waals surface area contributed by atoms with Crippen LogP contribution in [0.5, 0.6) is 0 Å². The molecular weight excluding hydrogens is 124 g/mol. The van der Waals surface area contributed by atoms with Crippen LogP contribution in [0.15, 0.2) is 22.5 Å². The van der Waals surface area contributed by atoms with Crippen molar-refractivity contribution in [3.8, 4) is 0 Å². The van der Waals surface area contributed by atoms with E-state index in [1.807, 2.05) is 0 Å². The Morgan fingerprint density at radius 1 is 1.50 bits per heavy atom. The molecule has 1 aliphatic heterocycles. The third-order valence-corrected chi connectivity index (χ3v) is 1.82. The van der Waals surface area contributed by atoms with Crippen LogP contribution in [-0.4, -0.2) is 5.54 Å². The Morgan fingerprint density at radius 3 is 2.80 bits per heavy atom. The highest BCUT2D eigenvalue weighted by Crippen LogP contribution is 2.24.